The minimum Gasteiger partial charge on any atom is -0.389 e. The number of benzene rings is 1. The van der Waals surface area contributed by atoms with E-state index in [0.29, 0.717) is 17.4 Å². The van der Waals surface area contributed by atoms with E-state index in [2.05, 4.69) is 29.0 Å². The number of thiazole rings is 1. The molecule has 1 unspecified atom stereocenters. The Balaban J connectivity index is 1.78. The second kappa shape index (κ2) is 8.73. The number of halogens is 1. The van der Waals surface area contributed by atoms with E-state index in [9.17, 15) is 14.3 Å². The van der Waals surface area contributed by atoms with Gasteiger partial charge in [-0.1, -0.05) is 11.3 Å². The molecule has 1 atom stereocenters. The van der Waals surface area contributed by atoms with Crippen molar-refractivity contribution in [3.63, 3.8) is 0 Å². The summed E-state index contributed by atoms with van der Waals surface area (Å²) in [6.45, 7) is 5.14. The van der Waals surface area contributed by atoms with Gasteiger partial charge in [-0.05, 0) is 64.7 Å². The van der Waals surface area contributed by atoms with Gasteiger partial charge >= 0.3 is 0 Å². The van der Waals surface area contributed by atoms with Crippen LogP contribution in [0.3, 0.4) is 0 Å². The van der Waals surface area contributed by atoms with Gasteiger partial charge < -0.3 is 14.9 Å². The van der Waals surface area contributed by atoms with Crippen LogP contribution < -0.4 is 10.5 Å². The number of hydrogen-bond donors (Lipinski definition) is 1. The third kappa shape index (κ3) is 4.90. The summed E-state index contributed by atoms with van der Waals surface area (Å²) in [6.07, 6.45) is 1.06. The van der Waals surface area contributed by atoms with Crippen molar-refractivity contribution in [2.75, 3.05) is 32.1 Å². The molecule has 9 heteroatoms. The lowest BCUT2D eigenvalue weighted by atomic mass is 10.1. The molecule has 0 spiro atoms. The molecule has 7 nitrogen and oxygen atoms in total. The summed E-state index contributed by atoms with van der Waals surface area (Å²) in [6, 6.07) is 9.84. The van der Waals surface area contributed by atoms with Crippen LogP contribution in [0, 0.1) is 5.82 Å². The second-order valence-electron chi connectivity index (χ2n) is 9.06. The molecule has 32 heavy (non-hydrogen) atoms. The number of aromatic nitrogens is 3. The van der Waals surface area contributed by atoms with E-state index in [0.717, 1.165) is 35.1 Å². The third-order valence-corrected chi connectivity index (χ3v) is 6.67. The van der Waals surface area contributed by atoms with Crippen LogP contribution in [0.5, 0.6) is 0 Å². The van der Waals surface area contributed by atoms with Gasteiger partial charge in [-0.2, -0.15) is 5.10 Å². The summed E-state index contributed by atoms with van der Waals surface area (Å²) in [5, 5.41) is 15.6. The summed E-state index contributed by atoms with van der Waals surface area (Å²) in [4.78, 5) is 22.5. The van der Waals surface area contributed by atoms with Crippen LogP contribution in [0.2, 0.25) is 0 Å². The van der Waals surface area contributed by atoms with Crippen LogP contribution in [-0.4, -0.2) is 63.6 Å². The molecule has 0 saturated carbocycles. The molecule has 4 rings (SSSR count). The van der Waals surface area contributed by atoms with E-state index >= 15 is 0 Å². The smallest absolute Gasteiger partial charge is 0.266 e. The Morgan fingerprint density at radius 1 is 1.22 bits per heavy atom. The van der Waals surface area contributed by atoms with E-state index in [-0.39, 0.29) is 17.9 Å². The molecular weight excluding hydrogens is 429 g/mol. The lowest BCUT2D eigenvalue weighted by Crippen LogP contribution is -2.34. The van der Waals surface area contributed by atoms with Gasteiger partial charge in [0.2, 0.25) is 0 Å². The zero-order chi connectivity index (χ0) is 23.0. The van der Waals surface area contributed by atoms with Crippen LogP contribution in [0.25, 0.3) is 21.8 Å². The minimum atomic E-state index is -1.08. The van der Waals surface area contributed by atoms with Crippen LogP contribution in [0.1, 0.15) is 20.3 Å². The fourth-order valence-corrected chi connectivity index (χ4v) is 4.90. The summed E-state index contributed by atoms with van der Waals surface area (Å²) >= 11 is 1.52. The Hall–Kier alpha value is -2.62. The molecule has 1 saturated heterocycles. The maximum atomic E-state index is 13.5. The van der Waals surface area contributed by atoms with Crippen molar-refractivity contribution >= 4 is 16.5 Å². The molecule has 0 bridgehead atoms. The summed E-state index contributed by atoms with van der Waals surface area (Å²) in [5.41, 5.74) is 0.733. The fourth-order valence-electron chi connectivity index (χ4n) is 3.81. The Morgan fingerprint density at radius 2 is 1.94 bits per heavy atom. The van der Waals surface area contributed by atoms with Crippen molar-refractivity contribution < 1.29 is 9.50 Å². The highest BCUT2D eigenvalue weighted by Gasteiger charge is 2.28. The number of aliphatic hydroxyl groups is 1. The average Bonchev–Trinajstić information content (AvgIpc) is 3.37. The lowest BCUT2D eigenvalue weighted by Gasteiger charge is -2.19. The molecule has 3 aromatic rings. The zero-order valence-corrected chi connectivity index (χ0v) is 19.6. The molecule has 1 aromatic carbocycles. The molecule has 2 aromatic heterocycles. The van der Waals surface area contributed by atoms with Crippen LogP contribution in [0.15, 0.2) is 41.2 Å². The van der Waals surface area contributed by atoms with Crippen molar-refractivity contribution in [1.29, 1.82) is 0 Å². The van der Waals surface area contributed by atoms with Gasteiger partial charge in [0.25, 0.3) is 5.56 Å². The van der Waals surface area contributed by atoms with Gasteiger partial charge in [-0.15, -0.1) is 0 Å². The van der Waals surface area contributed by atoms with Gasteiger partial charge in [0.1, 0.15) is 11.5 Å². The predicted octanol–water partition coefficient (Wildman–Crippen LogP) is 3.08. The molecule has 3 heterocycles. The largest absolute Gasteiger partial charge is 0.389 e. The Labute approximate surface area is 190 Å². The van der Waals surface area contributed by atoms with Crippen molar-refractivity contribution in [3.05, 3.63) is 52.6 Å². The Morgan fingerprint density at radius 3 is 2.56 bits per heavy atom. The molecule has 1 N–H and O–H groups in total. The maximum Gasteiger partial charge on any atom is 0.266 e. The topological polar surface area (TPSA) is 74.5 Å². The van der Waals surface area contributed by atoms with Gasteiger partial charge in [-0.3, -0.25) is 4.79 Å². The minimum absolute atomic E-state index is 0.0772. The number of anilines is 1. The first-order chi connectivity index (χ1) is 15.1. The normalized spacial score (nSPS) is 16.8. The summed E-state index contributed by atoms with van der Waals surface area (Å²) in [5.74, 6) is -0.309. The highest BCUT2D eigenvalue weighted by Crippen LogP contribution is 2.40. The lowest BCUT2D eigenvalue weighted by molar-refractivity contribution is 0.0562. The predicted molar refractivity (Wildman–Crippen MR) is 126 cm³/mol. The SMILES string of the molecule is CN(C)C1CCN(c2nc(-c3ccc(F)cc3)c(-c3ccc(=O)n(CC(C)(C)O)n3)s2)C1. The van der Waals surface area contributed by atoms with E-state index in [1.807, 2.05) is 0 Å². The molecule has 1 aliphatic rings. The standard InChI is InChI=1S/C23H28FN5O2S/c1-23(2,31)14-29-19(30)10-9-18(26-29)21-20(15-5-7-16(24)8-6-15)25-22(32-21)28-12-11-17(13-28)27(3)4/h5-10,17,31H,11-14H2,1-4H3. The maximum absolute atomic E-state index is 13.5. The monoisotopic (exact) mass is 457 g/mol. The molecule has 1 fully saturated rings. The van der Waals surface area contributed by atoms with Crippen LogP contribution >= 0.6 is 11.3 Å². The molecule has 0 amide bonds. The Kier molecular flexibility index (Phi) is 6.15. The van der Waals surface area contributed by atoms with Gasteiger partial charge in [0.15, 0.2) is 5.13 Å². The van der Waals surface area contributed by atoms with Crippen molar-refractivity contribution in [1.82, 2.24) is 19.7 Å². The first kappa shape index (κ1) is 22.6. The van der Waals surface area contributed by atoms with E-state index in [4.69, 9.17) is 4.98 Å². The van der Waals surface area contributed by atoms with Crippen LogP contribution in [-0.2, 0) is 6.54 Å². The molecule has 0 aliphatic carbocycles. The van der Waals surface area contributed by atoms with Gasteiger partial charge in [0, 0.05) is 30.8 Å². The van der Waals surface area contributed by atoms with Crippen LogP contribution in [0.4, 0.5) is 9.52 Å². The Bertz CT molecular complexity index is 1150. The molecule has 0 radical (unpaired) electrons. The van der Waals surface area contributed by atoms with E-state index in [1.165, 1.54) is 34.2 Å². The van der Waals surface area contributed by atoms with Crippen molar-refractivity contribution in [2.24, 2.45) is 0 Å². The average molecular weight is 458 g/mol. The molecular formula is C23H28FN5O2S. The number of rotatable bonds is 6. The summed E-state index contributed by atoms with van der Waals surface area (Å²) < 4.78 is 14.8. The molecule has 170 valence electrons. The van der Waals surface area contributed by atoms with E-state index < -0.39 is 5.60 Å². The zero-order valence-electron chi connectivity index (χ0n) is 18.7. The van der Waals surface area contributed by atoms with Gasteiger partial charge in [0.05, 0.1) is 22.7 Å². The number of nitrogens with zero attached hydrogens (tertiary/aromatic N) is 5. The highest BCUT2D eigenvalue weighted by atomic mass is 32.1. The number of likely N-dealkylation sites (N-methyl/N-ethyl adjacent to an activating group) is 1. The number of hydrogen-bond acceptors (Lipinski definition) is 7. The highest BCUT2D eigenvalue weighted by molar-refractivity contribution is 7.19. The molecule has 1 aliphatic heterocycles. The summed E-state index contributed by atoms with van der Waals surface area (Å²) in [7, 11) is 4.17. The van der Waals surface area contributed by atoms with Crippen molar-refractivity contribution in [3.8, 4) is 21.8 Å². The third-order valence-electron chi connectivity index (χ3n) is 5.53. The first-order valence-electron chi connectivity index (χ1n) is 10.6. The fraction of sp³-hybridized carbons (Fsp3) is 0.435. The van der Waals surface area contributed by atoms with Crippen molar-refractivity contribution in [2.45, 2.75) is 38.5 Å². The first-order valence-corrected chi connectivity index (χ1v) is 11.4. The van der Waals surface area contributed by atoms with Gasteiger partial charge in [-0.25, -0.2) is 14.1 Å². The second-order valence-corrected chi connectivity index (χ2v) is 10.0. The quantitative estimate of drug-likeness (QED) is 0.613. The van der Waals surface area contributed by atoms with E-state index in [1.54, 1.807) is 32.0 Å².